The van der Waals surface area contributed by atoms with Crippen molar-refractivity contribution in [3.8, 4) is 0 Å². The topological polar surface area (TPSA) is 86.3 Å². The zero-order valence-electron chi connectivity index (χ0n) is 8.29. The Bertz CT molecular complexity index is 641. The van der Waals surface area contributed by atoms with Gasteiger partial charge in [0.25, 0.3) is 5.69 Å². The van der Waals surface area contributed by atoms with Crippen LogP contribution in [0.4, 0.5) is 15.8 Å². The van der Waals surface area contributed by atoms with E-state index in [1.54, 1.807) is 0 Å². The minimum atomic E-state index is -0.984. The van der Waals surface area contributed by atoms with Crippen LogP contribution in [0.3, 0.4) is 0 Å². The van der Waals surface area contributed by atoms with Gasteiger partial charge in [-0.25, -0.2) is 0 Å². The van der Waals surface area contributed by atoms with E-state index >= 15 is 0 Å². The molecule has 0 aliphatic heterocycles. The third kappa shape index (κ3) is 1.78. The summed E-state index contributed by atoms with van der Waals surface area (Å²) in [6, 6.07) is 5.71. The summed E-state index contributed by atoms with van der Waals surface area (Å²) in [6.07, 6.45) is 0. The molecule has 0 saturated carbocycles. The SMILES string of the molecule is O=[N+]([O-])c1ccc2c(F)c([N+](=O)[O-])ccc2c1. The molecule has 17 heavy (non-hydrogen) atoms. The lowest BCUT2D eigenvalue weighted by atomic mass is 10.1. The van der Waals surface area contributed by atoms with Gasteiger partial charge in [0.15, 0.2) is 0 Å². The van der Waals surface area contributed by atoms with Crippen molar-refractivity contribution < 1.29 is 14.2 Å². The number of nitrogens with zero attached hydrogens (tertiary/aromatic N) is 2. The standard InChI is InChI=1S/C10H5FN2O4/c11-10-8-3-2-7(12(14)15)5-6(8)1-4-9(10)13(16)17/h1-5H. The molecule has 0 radical (unpaired) electrons. The predicted octanol–water partition coefficient (Wildman–Crippen LogP) is 2.80. The summed E-state index contributed by atoms with van der Waals surface area (Å²) in [5, 5.41) is 21.2. The first-order chi connectivity index (χ1) is 8.00. The molecule has 0 aromatic heterocycles. The van der Waals surface area contributed by atoms with Gasteiger partial charge in [0.1, 0.15) is 0 Å². The van der Waals surface area contributed by atoms with Gasteiger partial charge in [-0.1, -0.05) is 0 Å². The molecule has 0 atom stereocenters. The minimum absolute atomic E-state index is 0.00944. The van der Waals surface area contributed by atoms with Crippen LogP contribution in [0.25, 0.3) is 10.8 Å². The average Bonchev–Trinajstić information content (AvgIpc) is 2.28. The summed E-state index contributed by atoms with van der Waals surface area (Å²) >= 11 is 0. The van der Waals surface area contributed by atoms with E-state index in [-0.39, 0.29) is 16.5 Å². The van der Waals surface area contributed by atoms with Crippen LogP contribution in [0.5, 0.6) is 0 Å². The number of hydrogen-bond donors (Lipinski definition) is 0. The van der Waals surface area contributed by atoms with Crippen LogP contribution in [0.15, 0.2) is 30.3 Å². The number of hydrogen-bond acceptors (Lipinski definition) is 4. The Kier molecular flexibility index (Phi) is 2.43. The fourth-order valence-corrected chi connectivity index (χ4v) is 1.52. The molecule has 0 amide bonds. The first-order valence-corrected chi connectivity index (χ1v) is 4.52. The Morgan fingerprint density at radius 3 is 2.29 bits per heavy atom. The van der Waals surface area contributed by atoms with Crippen LogP contribution < -0.4 is 0 Å². The highest BCUT2D eigenvalue weighted by Gasteiger charge is 2.18. The van der Waals surface area contributed by atoms with Crippen LogP contribution in [0, 0.1) is 26.0 Å². The smallest absolute Gasteiger partial charge is 0.258 e. The molecule has 0 N–H and O–H groups in total. The van der Waals surface area contributed by atoms with Gasteiger partial charge >= 0.3 is 5.69 Å². The van der Waals surface area contributed by atoms with Gasteiger partial charge in [-0.05, 0) is 17.5 Å². The zero-order chi connectivity index (χ0) is 12.6. The van der Waals surface area contributed by atoms with Crippen molar-refractivity contribution in [2.45, 2.75) is 0 Å². The number of nitro groups is 2. The second-order valence-electron chi connectivity index (χ2n) is 3.32. The number of non-ortho nitro benzene ring substituents is 1. The quantitative estimate of drug-likeness (QED) is 0.592. The van der Waals surface area contributed by atoms with E-state index in [0.29, 0.717) is 0 Å². The summed E-state index contributed by atoms with van der Waals surface area (Å²) in [6.45, 7) is 0. The molecule has 0 fully saturated rings. The van der Waals surface area contributed by atoms with Gasteiger partial charge in [-0.2, -0.15) is 4.39 Å². The normalized spacial score (nSPS) is 10.4. The van der Waals surface area contributed by atoms with Crippen LogP contribution in [0.1, 0.15) is 0 Å². The largest absolute Gasteiger partial charge is 0.305 e. The second-order valence-corrected chi connectivity index (χ2v) is 3.32. The summed E-state index contributed by atoms with van der Waals surface area (Å²) in [5.74, 6) is -0.984. The monoisotopic (exact) mass is 236 g/mol. The van der Waals surface area contributed by atoms with Crippen LogP contribution >= 0.6 is 0 Å². The van der Waals surface area contributed by atoms with E-state index in [1.165, 1.54) is 12.1 Å². The number of benzene rings is 2. The average molecular weight is 236 g/mol. The maximum Gasteiger partial charge on any atom is 0.305 e. The van der Waals surface area contributed by atoms with E-state index in [1.807, 2.05) is 0 Å². The molecule has 0 saturated heterocycles. The molecule has 0 unspecified atom stereocenters. The van der Waals surface area contributed by atoms with Crippen LogP contribution in [-0.2, 0) is 0 Å². The lowest BCUT2D eigenvalue weighted by Crippen LogP contribution is -1.94. The van der Waals surface area contributed by atoms with Gasteiger partial charge in [0.05, 0.1) is 9.85 Å². The zero-order valence-corrected chi connectivity index (χ0v) is 8.29. The van der Waals surface area contributed by atoms with Gasteiger partial charge < -0.3 is 0 Å². The third-order valence-corrected chi connectivity index (χ3v) is 2.32. The third-order valence-electron chi connectivity index (χ3n) is 2.32. The second kappa shape index (κ2) is 3.78. The lowest BCUT2D eigenvalue weighted by Gasteiger charge is -2.00. The van der Waals surface area contributed by atoms with Crippen molar-refractivity contribution in [1.82, 2.24) is 0 Å². The Hall–Kier alpha value is -2.57. The summed E-state index contributed by atoms with van der Waals surface area (Å²) in [7, 11) is 0. The van der Waals surface area contributed by atoms with E-state index in [4.69, 9.17) is 0 Å². The lowest BCUT2D eigenvalue weighted by molar-refractivity contribution is -0.387. The molecule has 0 aliphatic carbocycles. The summed E-state index contributed by atoms with van der Waals surface area (Å²) < 4.78 is 13.6. The van der Waals surface area contributed by atoms with Crippen LogP contribution in [0.2, 0.25) is 0 Å². The van der Waals surface area contributed by atoms with E-state index < -0.39 is 21.4 Å². The summed E-state index contributed by atoms with van der Waals surface area (Å²) in [5.41, 5.74) is -0.836. The number of nitro benzene ring substituents is 2. The fraction of sp³-hybridized carbons (Fsp3) is 0. The maximum atomic E-state index is 13.6. The Morgan fingerprint density at radius 1 is 1.00 bits per heavy atom. The Morgan fingerprint density at radius 2 is 1.71 bits per heavy atom. The number of rotatable bonds is 2. The molecule has 2 aromatic rings. The number of fused-ring (bicyclic) bond motifs is 1. The van der Waals surface area contributed by atoms with Gasteiger partial charge in [-0.3, -0.25) is 20.2 Å². The Labute approximate surface area is 93.6 Å². The van der Waals surface area contributed by atoms with Crippen molar-refractivity contribution in [1.29, 1.82) is 0 Å². The van der Waals surface area contributed by atoms with Gasteiger partial charge in [0.2, 0.25) is 5.82 Å². The highest BCUT2D eigenvalue weighted by atomic mass is 19.1. The van der Waals surface area contributed by atoms with Gasteiger partial charge in [-0.15, -0.1) is 0 Å². The molecule has 0 aliphatic rings. The molecule has 2 rings (SSSR count). The predicted molar refractivity (Wildman–Crippen MR) is 57.2 cm³/mol. The van der Waals surface area contributed by atoms with Crippen molar-refractivity contribution >= 4 is 22.1 Å². The molecule has 0 bridgehead atoms. The summed E-state index contributed by atoms with van der Waals surface area (Å²) in [4.78, 5) is 19.6. The highest BCUT2D eigenvalue weighted by Crippen LogP contribution is 2.28. The first kappa shape index (κ1) is 10.9. The first-order valence-electron chi connectivity index (χ1n) is 4.52. The van der Waals surface area contributed by atoms with E-state index in [0.717, 1.165) is 18.2 Å². The Balaban J connectivity index is 2.72. The molecule has 0 heterocycles. The molecule has 0 spiro atoms. The molecule has 2 aromatic carbocycles. The van der Waals surface area contributed by atoms with Crippen LogP contribution in [-0.4, -0.2) is 9.85 Å². The van der Waals surface area contributed by atoms with E-state index in [2.05, 4.69) is 0 Å². The van der Waals surface area contributed by atoms with E-state index in [9.17, 15) is 24.6 Å². The van der Waals surface area contributed by atoms with Crippen molar-refractivity contribution in [3.05, 3.63) is 56.4 Å². The molecule has 6 nitrogen and oxygen atoms in total. The maximum absolute atomic E-state index is 13.6. The molecular formula is C10H5FN2O4. The molecule has 86 valence electrons. The van der Waals surface area contributed by atoms with Crippen molar-refractivity contribution in [2.24, 2.45) is 0 Å². The van der Waals surface area contributed by atoms with Gasteiger partial charge in [0, 0.05) is 23.6 Å². The highest BCUT2D eigenvalue weighted by molar-refractivity contribution is 5.87. The minimum Gasteiger partial charge on any atom is -0.258 e. The molecule has 7 heteroatoms. The number of halogens is 1. The fourth-order valence-electron chi connectivity index (χ4n) is 1.52. The van der Waals surface area contributed by atoms with Crippen molar-refractivity contribution in [2.75, 3.05) is 0 Å². The van der Waals surface area contributed by atoms with Crippen molar-refractivity contribution in [3.63, 3.8) is 0 Å². The molecular weight excluding hydrogens is 231 g/mol.